The highest BCUT2D eigenvalue weighted by molar-refractivity contribution is 5.90. The van der Waals surface area contributed by atoms with Gasteiger partial charge in [0.2, 0.25) is 0 Å². The van der Waals surface area contributed by atoms with Crippen LogP contribution in [0.1, 0.15) is 28.4 Å². The van der Waals surface area contributed by atoms with Crippen molar-refractivity contribution in [1.29, 1.82) is 0 Å². The minimum atomic E-state index is -0.676. The van der Waals surface area contributed by atoms with Crippen molar-refractivity contribution < 1.29 is 13.9 Å². The zero-order valence-corrected chi connectivity index (χ0v) is 12.2. The van der Waals surface area contributed by atoms with E-state index in [2.05, 4.69) is 29.1 Å². The number of aryl methyl sites for hydroxylation is 1. The fourth-order valence-electron chi connectivity index (χ4n) is 2.17. The predicted octanol–water partition coefficient (Wildman–Crippen LogP) is 3.79. The Morgan fingerprint density at radius 3 is 2.57 bits per heavy atom. The van der Waals surface area contributed by atoms with Gasteiger partial charge in [-0.2, -0.15) is 0 Å². The van der Waals surface area contributed by atoms with Crippen LogP contribution < -0.4 is 5.32 Å². The number of hydrogen-bond acceptors (Lipinski definition) is 3. The van der Waals surface area contributed by atoms with Crippen molar-refractivity contribution in [1.82, 2.24) is 0 Å². The fourth-order valence-corrected chi connectivity index (χ4v) is 2.17. The topological polar surface area (TPSA) is 38.3 Å². The Bertz CT molecular complexity index is 640. The monoisotopic (exact) mass is 287 g/mol. The summed E-state index contributed by atoms with van der Waals surface area (Å²) in [6, 6.07) is 12.5. The van der Waals surface area contributed by atoms with E-state index >= 15 is 0 Å². The number of nitrogens with one attached hydrogen (secondary N) is 1. The lowest BCUT2D eigenvalue weighted by molar-refractivity contribution is 0.0595. The van der Waals surface area contributed by atoms with E-state index < -0.39 is 11.8 Å². The first kappa shape index (κ1) is 15.0. The van der Waals surface area contributed by atoms with Crippen molar-refractivity contribution in [2.45, 2.75) is 19.9 Å². The number of benzene rings is 2. The van der Waals surface area contributed by atoms with Crippen LogP contribution in [-0.4, -0.2) is 13.1 Å². The largest absolute Gasteiger partial charge is 0.465 e. The molecule has 4 heteroatoms. The van der Waals surface area contributed by atoms with Crippen molar-refractivity contribution in [2.24, 2.45) is 0 Å². The van der Waals surface area contributed by atoms with E-state index in [1.807, 2.05) is 12.1 Å². The third kappa shape index (κ3) is 3.60. The summed E-state index contributed by atoms with van der Waals surface area (Å²) in [6.45, 7) is 2.72. The third-order valence-electron chi connectivity index (χ3n) is 3.35. The van der Waals surface area contributed by atoms with Crippen LogP contribution in [0.25, 0.3) is 0 Å². The number of methoxy groups -OCH3 is 1. The van der Waals surface area contributed by atoms with Crippen molar-refractivity contribution in [3.63, 3.8) is 0 Å². The number of hydrogen-bond donors (Lipinski definition) is 1. The van der Waals surface area contributed by atoms with Crippen molar-refractivity contribution >= 4 is 11.7 Å². The molecule has 0 heterocycles. The molecule has 0 radical (unpaired) electrons. The summed E-state index contributed by atoms with van der Waals surface area (Å²) in [5.41, 5.74) is 3.07. The minimum Gasteiger partial charge on any atom is -0.465 e. The van der Waals surface area contributed by atoms with Gasteiger partial charge in [-0.3, -0.25) is 0 Å². The average molecular weight is 287 g/mol. The molecule has 0 aliphatic carbocycles. The zero-order valence-electron chi connectivity index (χ0n) is 12.2. The zero-order chi connectivity index (χ0) is 15.2. The minimum absolute atomic E-state index is 0.0636. The predicted molar refractivity (Wildman–Crippen MR) is 80.9 cm³/mol. The third-order valence-corrected chi connectivity index (χ3v) is 3.35. The van der Waals surface area contributed by atoms with Crippen LogP contribution in [0, 0.1) is 5.82 Å². The van der Waals surface area contributed by atoms with E-state index in [0.717, 1.165) is 6.42 Å². The molecule has 0 aliphatic heterocycles. The van der Waals surface area contributed by atoms with Crippen molar-refractivity contribution in [2.75, 3.05) is 12.4 Å². The Hall–Kier alpha value is -2.36. The molecule has 0 spiro atoms. The highest BCUT2D eigenvalue weighted by Crippen LogP contribution is 2.18. The molecule has 2 aromatic carbocycles. The fraction of sp³-hybridized carbons (Fsp3) is 0.235. The number of esters is 1. The van der Waals surface area contributed by atoms with E-state index in [0.29, 0.717) is 12.2 Å². The normalized spacial score (nSPS) is 10.2. The molecule has 0 aromatic heterocycles. The molecule has 0 aliphatic rings. The smallest absolute Gasteiger partial charge is 0.340 e. The number of rotatable bonds is 5. The number of carbonyl (C=O) groups excluding carboxylic acids is 1. The van der Waals surface area contributed by atoms with Crippen LogP contribution in [-0.2, 0) is 17.7 Å². The van der Waals surface area contributed by atoms with E-state index in [1.165, 1.54) is 30.4 Å². The molecule has 2 rings (SSSR count). The lowest BCUT2D eigenvalue weighted by Gasteiger charge is -2.11. The molecular formula is C17H18FNO2. The summed E-state index contributed by atoms with van der Waals surface area (Å²) in [4.78, 5) is 11.5. The first-order valence-electron chi connectivity index (χ1n) is 6.84. The van der Waals surface area contributed by atoms with Gasteiger partial charge in [-0.05, 0) is 35.7 Å². The molecule has 21 heavy (non-hydrogen) atoms. The van der Waals surface area contributed by atoms with E-state index in [1.54, 1.807) is 6.07 Å². The molecule has 1 N–H and O–H groups in total. The molecule has 0 atom stereocenters. The molecule has 0 saturated carbocycles. The Kier molecular flexibility index (Phi) is 4.93. The Balaban J connectivity index is 2.15. The van der Waals surface area contributed by atoms with Crippen LogP contribution in [0.2, 0.25) is 0 Å². The highest BCUT2D eigenvalue weighted by Gasteiger charge is 2.12. The summed E-state index contributed by atoms with van der Waals surface area (Å²) in [5.74, 6) is -1.26. The van der Waals surface area contributed by atoms with Crippen LogP contribution in [0.3, 0.4) is 0 Å². The maximum Gasteiger partial charge on any atom is 0.340 e. The van der Waals surface area contributed by atoms with Crippen molar-refractivity contribution in [3.8, 4) is 0 Å². The van der Waals surface area contributed by atoms with Gasteiger partial charge in [0.15, 0.2) is 0 Å². The van der Waals surface area contributed by atoms with Crippen LogP contribution in [0.15, 0.2) is 42.5 Å². The molecule has 110 valence electrons. The summed E-state index contributed by atoms with van der Waals surface area (Å²) in [6.07, 6.45) is 0.953. The molecule has 0 amide bonds. The van der Waals surface area contributed by atoms with E-state index in [9.17, 15) is 9.18 Å². The molecule has 3 nitrogen and oxygen atoms in total. The lowest BCUT2D eigenvalue weighted by atomic mass is 10.1. The van der Waals surface area contributed by atoms with Gasteiger partial charge in [0, 0.05) is 12.2 Å². The Labute approximate surface area is 123 Å². The lowest BCUT2D eigenvalue weighted by Crippen LogP contribution is -2.07. The quantitative estimate of drug-likeness (QED) is 0.850. The highest BCUT2D eigenvalue weighted by atomic mass is 19.1. The van der Waals surface area contributed by atoms with Gasteiger partial charge in [0.05, 0.1) is 12.7 Å². The molecule has 0 unspecified atom stereocenters. The maximum absolute atomic E-state index is 13.6. The first-order chi connectivity index (χ1) is 10.2. The standard InChI is InChI=1S/C17H18FNO2/c1-3-12-6-4-5-7-13(12)11-19-14-8-9-16(18)15(10-14)17(20)21-2/h4-10,19H,3,11H2,1-2H3. The first-order valence-corrected chi connectivity index (χ1v) is 6.84. The SMILES string of the molecule is CCc1ccccc1CNc1ccc(F)c(C(=O)OC)c1. The van der Waals surface area contributed by atoms with Gasteiger partial charge < -0.3 is 10.1 Å². The number of halogens is 1. The number of carbonyl (C=O) groups is 1. The van der Waals surface area contributed by atoms with E-state index in [-0.39, 0.29) is 5.56 Å². The Morgan fingerprint density at radius 2 is 1.90 bits per heavy atom. The summed E-state index contributed by atoms with van der Waals surface area (Å²) in [5, 5.41) is 3.21. The van der Waals surface area contributed by atoms with Gasteiger partial charge in [-0.1, -0.05) is 31.2 Å². The van der Waals surface area contributed by atoms with Crippen LogP contribution >= 0.6 is 0 Å². The van der Waals surface area contributed by atoms with Crippen LogP contribution in [0.4, 0.5) is 10.1 Å². The second-order valence-electron chi connectivity index (χ2n) is 4.66. The summed E-state index contributed by atoms with van der Waals surface area (Å²) in [7, 11) is 1.24. The van der Waals surface area contributed by atoms with E-state index in [4.69, 9.17) is 0 Å². The van der Waals surface area contributed by atoms with Gasteiger partial charge in [-0.25, -0.2) is 9.18 Å². The Morgan fingerprint density at radius 1 is 1.19 bits per heavy atom. The second kappa shape index (κ2) is 6.88. The van der Waals surface area contributed by atoms with Gasteiger partial charge >= 0.3 is 5.97 Å². The molecule has 0 fully saturated rings. The van der Waals surface area contributed by atoms with Crippen LogP contribution in [0.5, 0.6) is 0 Å². The molecular weight excluding hydrogens is 269 g/mol. The summed E-state index contributed by atoms with van der Waals surface area (Å²) < 4.78 is 18.1. The summed E-state index contributed by atoms with van der Waals surface area (Å²) >= 11 is 0. The molecule has 0 saturated heterocycles. The van der Waals surface area contributed by atoms with Crippen molar-refractivity contribution in [3.05, 3.63) is 65.0 Å². The second-order valence-corrected chi connectivity index (χ2v) is 4.66. The molecule has 2 aromatic rings. The van der Waals surface area contributed by atoms with Gasteiger partial charge in [0.1, 0.15) is 5.82 Å². The number of ether oxygens (including phenoxy) is 1. The number of anilines is 1. The van der Waals surface area contributed by atoms with Gasteiger partial charge in [-0.15, -0.1) is 0 Å². The maximum atomic E-state index is 13.6. The van der Waals surface area contributed by atoms with Gasteiger partial charge in [0.25, 0.3) is 0 Å². The average Bonchev–Trinajstić information content (AvgIpc) is 2.53. The molecule has 0 bridgehead atoms.